The van der Waals surface area contributed by atoms with Crippen LogP contribution < -0.4 is 16.0 Å². The predicted molar refractivity (Wildman–Crippen MR) is 139 cm³/mol. The van der Waals surface area contributed by atoms with Crippen molar-refractivity contribution in [3.05, 3.63) is 54.0 Å². The van der Waals surface area contributed by atoms with Crippen molar-refractivity contribution >= 4 is 33.5 Å². The molecule has 12 nitrogen and oxygen atoms in total. The Kier molecular flexibility index (Phi) is 9.97. The molecule has 2 heterocycles. The number of nitrogens with one attached hydrogen (secondary N) is 3. The van der Waals surface area contributed by atoms with Gasteiger partial charge in [-0.1, -0.05) is 26.0 Å². The van der Waals surface area contributed by atoms with Gasteiger partial charge in [-0.05, 0) is 49.4 Å². The number of carbonyl (C=O) groups excluding carboxylic acids is 4. The van der Waals surface area contributed by atoms with Gasteiger partial charge in [0.15, 0.2) is 11.5 Å². The summed E-state index contributed by atoms with van der Waals surface area (Å²) < 4.78 is 32.4. The molecule has 0 radical (unpaired) electrons. The highest BCUT2D eigenvalue weighted by Gasteiger charge is 2.35. The number of furan rings is 1. The van der Waals surface area contributed by atoms with E-state index in [2.05, 4.69) is 16.0 Å². The van der Waals surface area contributed by atoms with Gasteiger partial charge in [0, 0.05) is 6.54 Å². The first-order valence-electron chi connectivity index (χ1n) is 12.5. The molecule has 0 aliphatic carbocycles. The number of Topliss-reactive ketones (excluding diaryl/α,β-unsaturated/α-hetero) is 1. The molecule has 3 N–H and O–H groups in total. The number of nitriles is 1. The molecule has 1 saturated heterocycles. The Morgan fingerprint density at radius 1 is 1.18 bits per heavy atom. The van der Waals surface area contributed by atoms with Crippen LogP contribution in [0.3, 0.4) is 0 Å². The molecule has 39 heavy (non-hydrogen) atoms. The summed E-state index contributed by atoms with van der Waals surface area (Å²) in [4.78, 5) is 50.4. The van der Waals surface area contributed by atoms with E-state index >= 15 is 0 Å². The van der Waals surface area contributed by atoms with E-state index in [1.807, 2.05) is 19.9 Å². The molecular weight excluding hydrogens is 526 g/mol. The summed E-state index contributed by atoms with van der Waals surface area (Å²) in [6, 6.07) is 8.67. The van der Waals surface area contributed by atoms with Gasteiger partial charge in [0.2, 0.25) is 21.8 Å². The van der Waals surface area contributed by atoms with E-state index in [1.54, 1.807) is 6.07 Å². The van der Waals surface area contributed by atoms with Crippen molar-refractivity contribution in [3.63, 3.8) is 0 Å². The molecule has 2 atom stereocenters. The highest BCUT2D eigenvalue weighted by molar-refractivity contribution is 7.89. The number of nitrogens with zero attached hydrogens (tertiary/aromatic N) is 2. The van der Waals surface area contributed by atoms with E-state index in [0.29, 0.717) is 6.42 Å². The standard InChI is InChI=1S/C26H31N5O7S/c1-17(2)13-20(29-24(33)15-28-26(35)22-9-6-12-38-22)25(34)30-19-8-5-11-31(16-21(19)32)39(36,37)23-10-4-3-7-18(23)14-27/h3-4,6-7,9-10,12,17,19-20H,5,8,11,13,15-16H2,1-2H3,(H,28,35)(H,29,33)(H,30,34)/t19?,20-/m0/s1. The van der Waals surface area contributed by atoms with E-state index in [1.165, 1.54) is 36.6 Å². The van der Waals surface area contributed by atoms with Gasteiger partial charge in [0.1, 0.15) is 12.1 Å². The quantitative estimate of drug-likeness (QED) is 0.386. The number of carbonyl (C=O) groups is 4. The lowest BCUT2D eigenvalue weighted by Crippen LogP contribution is -2.54. The van der Waals surface area contributed by atoms with Gasteiger partial charge in [0.25, 0.3) is 5.91 Å². The fourth-order valence-electron chi connectivity index (χ4n) is 4.15. The molecule has 3 rings (SSSR count). The smallest absolute Gasteiger partial charge is 0.287 e. The minimum atomic E-state index is -4.11. The Balaban J connectivity index is 1.63. The number of hydrogen-bond donors (Lipinski definition) is 3. The summed E-state index contributed by atoms with van der Waals surface area (Å²) in [7, 11) is -4.11. The van der Waals surface area contributed by atoms with Crippen LogP contribution >= 0.6 is 0 Å². The van der Waals surface area contributed by atoms with Crippen molar-refractivity contribution in [1.82, 2.24) is 20.3 Å². The molecule has 208 valence electrons. The fraction of sp³-hybridized carbons (Fsp3) is 0.423. The largest absolute Gasteiger partial charge is 0.459 e. The van der Waals surface area contributed by atoms with Crippen LogP contribution in [-0.4, -0.2) is 67.9 Å². The van der Waals surface area contributed by atoms with E-state index < -0.39 is 52.2 Å². The summed E-state index contributed by atoms with van der Waals surface area (Å²) in [5.41, 5.74) is -0.0216. The van der Waals surface area contributed by atoms with Gasteiger partial charge in [-0.2, -0.15) is 9.57 Å². The van der Waals surface area contributed by atoms with E-state index in [-0.39, 0.29) is 48.1 Å². The van der Waals surface area contributed by atoms with Crippen LogP contribution in [-0.2, 0) is 24.4 Å². The number of sulfonamides is 1. The third-order valence-corrected chi connectivity index (χ3v) is 7.98. The molecule has 1 aromatic heterocycles. The monoisotopic (exact) mass is 557 g/mol. The van der Waals surface area contributed by atoms with E-state index in [0.717, 1.165) is 4.31 Å². The summed E-state index contributed by atoms with van der Waals surface area (Å²) in [5, 5.41) is 17.0. The topological polar surface area (TPSA) is 179 Å². The molecule has 0 saturated carbocycles. The maximum atomic E-state index is 13.2. The minimum Gasteiger partial charge on any atom is -0.459 e. The summed E-state index contributed by atoms with van der Waals surface area (Å²) in [6.45, 7) is 2.92. The van der Waals surface area contributed by atoms with Crippen LogP contribution in [0.4, 0.5) is 0 Å². The van der Waals surface area contributed by atoms with Gasteiger partial charge in [-0.3, -0.25) is 19.2 Å². The van der Waals surface area contributed by atoms with Crippen molar-refractivity contribution in [2.45, 2.75) is 50.1 Å². The predicted octanol–water partition coefficient (Wildman–Crippen LogP) is 0.951. The van der Waals surface area contributed by atoms with Crippen LogP contribution in [0.2, 0.25) is 0 Å². The van der Waals surface area contributed by atoms with Gasteiger partial charge in [0.05, 0.1) is 35.9 Å². The average Bonchev–Trinajstić information content (AvgIpc) is 3.38. The first kappa shape index (κ1) is 29.5. The normalized spacial score (nSPS) is 17.1. The Labute approximate surface area is 226 Å². The summed E-state index contributed by atoms with van der Waals surface area (Å²) >= 11 is 0. The zero-order chi connectivity index (χ0) is 28.6. The first-order chi connectivity index (χ1) is 18.5. The van der Waals surface area contributed by atoms with Crippen LogP contribution in [0.1, 0.15) is 49.2 Å². The van der Waals surface area contributed by atoms with Crippen molar-refractivity contribution in [2.75, 3.05) is 19.6 Å². The Morgan fingerprint density at radius 3 is 2.59 bits per heavy atom. The Hall–Kier alpha value is -4.02. The van der Waals surface area contributed by atoms with Gasteiger partial charge < -0.3 is 20.4 Å². The lowest BCUT2D eigenvalue weighted by atomic mass is 10.0. The zero-order valence-electron chi connectivity index (χ0n) is 21.7. The van der Waals surface area contributed by atoms with Crippen LogP contribution in [0.5, 0.6) is 0 Å². The summed E-state index contributed by atoms with van der Waals surface area (Å²) in [5.74, 6) is -2.21. The number of rotatable bonds is 10. The van der Waals surface area contributed by atoms with Gasteiger partial charge >= 0.3 is 0 Å². The van der Waals surface area contributed by atoms with Crippen molar-refractivity contribution < 1.29 is 32.0 Å². The van der Waals surface area contributed by atoms with Crippen LogP contribution in [0.15, 0.2) is 52.0 Å². The highest BCUT2D eigenvalue weighted by Crippen LogP contribution is 2.22. The maximum Gasteiger partial charge on any atom is 0.287 e. The van der Waals surface area contributed by atoms with Gasteiger partial charge in [-0.15, -0.1) is 0 Å². The first-order valence-corrected chi connectivity index (χ1v) is 13.9. The highest BCUT2D eigenvalue weighted by atomic mass is 32.2. The molecule has 2 aromatic rings. The number of amides is 3. The molecule has 1 aliphatic rings. The number of benzene rings is 1. The average molecular weight is 558 g/mol. The second kappa shape index (κ2) is 13.2. The molecule has 13 heteroatoms. The maximum absolute atomic E-state index is 13.2. The van der Waals surface area contributed by atoms with E-state index in [4.69, 9.17) is 4.42 Å². The molecule has 0 bridgehead atoms. The minimum absolute atomic E-state index is 0.0180. The molecule has 1 aromatic carbocycles. The number of hydrogen-bond acceptors (Lipinski definition) is 8. The van der Waals surface area contributed by atoms with Crippen LogP contribution in [0.25, 0.3) is 0 Å². The molecular formula is C26H31N5O7S. The van der Waals surface area contributed by atoms with Crippen molar-refractivity contribution in [2.24, 2.45) is 5.92 Å². The Bertz CT molecular complexity index is 1350. The molecule has 0 spiro atoms. The third-order valence-electron chi connectivity index (χ3n) is 6.08. The van der Waals surface area contributed by atoms with Crippen LogP contribution in [0, 0.1) is 17.2 Å². The second-order valence-corrected chi connectivity index (χ2v) is 11.4. The molecule has 1 unspecified atom stereocenters. The second-order valence-electron chi connectivity index (χ2n) is 9.53. The van der Waals surface area contributed by atoms with Crippen molar-refractivity contribution in [1.29, 1.82) is 5.26 Å². The summed E-state index contributed by atoms with van der Waals surface area (Å²) in [6.07, 6.45) is 2.10. The molecule has 3 amide bonds. The lowest BCUT2D eigenvalue weighted by Gasteiger charge is -2.23. The molecule has 1 aliphatic heterocycles. The molecule has 1 fully saturated rings. The van der Waals surface area contributed by atoms with E-state index in [9.17, 15) is 32.9 Å². The number of ketones is 1. The fourth-order valence-corrected chi connectivity index (χ4v) is 5.74. The van der Waals surface area contributed by atoms with Gasteiger partial charge in [-0.25, -0.2) is 8.42 Å². The SMILES string of the molecule is CC(C)C[C@H](NC(=O)CNC(=O)c1ccco1)C(=O)NC1CCCN(S(=O)(=O)c2ccccc2C#N)CC1=O. The zero-order valence-corrected chi connectivity index (χ0v) is 22.5. The Morgan fingerprint density at radius 2 is 1.92 bits per heavy atom. The third kappa shape index (κ3) is 7.75. The lowest BCUT2D eigenvalue weighted by molar-refractivity contribution is -0.131. The van der Waals surface area contributed by atoms with Crippen molar-refractivity contribution in [3.8, 4) is 6.07 Å².